The van der Waals surface area contributed by atoms with Crippen molar-refractivity contribution in [2.45, 2.75) is 12.5 Å². The monoisotopic (exact) mass is 313 g/mol. The Morgan fingerprint density at radius 3 is 3.00 bits per heavy atom. The van der Waals surface area contributed by atoms with Gasteiger partial charge in [0.25, 0.3) is 0 Å². The number of hydrogen-bond acceptors (Lipinski definition) is 2. The number of hydrogen-bond donors (Lipinski definition) is 2. The molecule has 0 spiro atoms. The molecule has 1 heterocycles. The summed E-state index contributed by atoms with van der Waals surface area (Å²) >= 11 is 2.33. The smallest absolute Gasteiger partial charge is 0.317 e. The van der Waals surface area contributed by atoms with E-state index in [1.165, 1.54) is 0 Å². The average Bonchev–Trinajstić information content (AvgIpc) is 2.52. The summed E-state index contributed by atoms with van der Waals surface area (Å²) in [6.07, 6.45) is 0.779. The van der Waals surface area contributed by atoms with Gasteiger partial charge in [0.1, 0.15) is 0 Å². The van der Waals surface area contributed by atoms with Crippen molar-refractivity contribution < 1.29 is 9.90 Å². The van der Waals surface area contributed by atoms with Gasteiger partial charge < -0.3 is 15.3 Å². The number of nitrogens with one attached hydrogen (secondary N) is 1. The average molecular weight is 313 g/mol. The standard InChI is InChI=1S/C7H14IN2O2Si/c8-13(6-11)5-1-3-10-4-2-9-7(10)12/h11H,1-6H2,(H,9,12). The number of urea groups is 1. The van der Waals surface area contributed by atoms with Crippen LogP contribution in [-0.4, -0.2) is 48.2 Å². The lowest BCUT2D eigenvalue weighted by Gasteiger charge is -2.13. The molecule has 1 aliphatic rings. The highest BCUT2D eigenvalue weighted by molar-refractivity contribution is 14.1. The van der Waals surface area contributed by atoms with E-state index in [4.69, 9.17) is 5.11 Å². The van der Waals surface area contributed by atoms with Crippen LogP contribution in [0.15, 0.2) is 0 Å². The van der Waals surface area contributed by atoms with E-state index >= 15 is 0 Å². The Morgan fingerprint density at radius 1 is 1.69 bits per heavy atom. The molecule has 1 fully saturated rings. The minimum absolute atomic E-state index is 0.0613. The molecule has 0 unspecified atom stereocenters. The molecule has 75 valence electrons. The molecule has 0 aromatic rings. The van der Waals surface area contributed by atoms with Gasteiger partial charge in [0.2, 0.25) is 0 Å². The molecule has 0 saturated carbocycles. The van der Waals surface area contributed by atoms with Gasteiger partial charge >= 0.3 is 6.03 Å². The molecule has 4 nitrogen and oxygen atoms in total. The van der Waals surface area contributed by atoms with E-state index in [-0.39, 0.29) is 6.03 Å². The summed E-state index contributed by atoms with van der Waals surface area (Å²) in [5.74, 6) is 0. The van der Waals surface area contributed by atoms with Gasteiger partial charge in [0, 0.05) is 25.9 Å². The Morgan fingerprint density at radius 2 is 2.46 bits per heavy atom. The van der Waals surface area contributed by atoms with E-state index < -0.39 is 6.29 Å². The second-order valence-corrected chi connectivity index (χ2v) is 9.43. The summed E-state index contributed by atoms with van der Waals surface area (Å²) in [6, 6.07) is 1.14. The fourth-order valence-corrected chi connectivity index (χ4v) is 3.11. The van der Waals surface area contributed by atoms with Crippen molar-refractivity contribution in [1.29, 1.82) is 0 Å². The number of aliphatic hydroxyl groups is 1. The van der Waals surface area contributed by atoms with Crippen LogP contribution in [0, 0.1) is 0 Å². The lowest BCUT2D eigenvalue weighted by molar-refractivity contribution is 0.217. The van der Waals surface area contributed by atoms with Crippen molar-refractivity contribution in [2.75, 3.05) is 25.9 Å². The molecule has 1 saturated heterocycles. The maximum absolute atomic E-state index is 11.1. The van der Waals surface area contributed by atoms with Crippen LogP contribution in [-0.2, 0) is 0 Å². The molecule has 0 aromatic heterocycles. The van der Waals surface area contributed by atoms with Crippen LogP contribution in [0.4, 0.5) is 4.79 Å². The predicted octanol–water partition coefficient (Wildman–Crippen LogP) is 0.360. The molecule has 1 aliphatic heterocycles. The molecule has 2 amide bonds. The van der Waals surface area contributed by atoms with Gasteiger partial charge in [0.15, 0.2) is 6.29 Å². The summed E-state index contributed by atoms with van der Waals surface area (Å²) in [7, 11) is 0. The van der Waals surface area contributed by atoms with E-state index in [1.54, 1.807) is 0 Å². The number of nitrogens with zero attached hydrogens (tertiary/aromatic N) is 1. The summed E-state index contributed by atoms with van der Waals surface area (Å²) in [4.78, 5) is 12.9. The molecule has 13 heavy (non-hydrogen) atoms. The van der Waals surface area contributed by atoms with E-state index in [0.29, 0.717) is 6.23 Å². The van der Waals surface area contributed by atoms with Gasteiger partial charge in [-0.15, -0.1) is 21.8 Å². The van der Waals surface area contributed by atoms with Crippen LogP contribution in [0.1, 0.15) is 6.42 Å². The maximum Gasteiger partial charge on any atom is 0.317 e. The molecule has 0 bridgehead atoms. The van der Waals surface area contributed by atoms with Crippen molar-refractivity contribution in [1.82, 2.24) is 10.2 Å². The first-order valence-electron chi connectivity index (χ1n) is 4.38. The van der Waals surface area contributed by atoms with Crippen LogP contribution in [0.5, 0.6) is 0 Å². The molecule has 1 rings (SSSR count). The third-order valence-electron chi connectivity index (χ3n) is 1.99. The third kappa shape index (κ3) is 3.82. The third-order valence-corrected chi connectivity index (χ3v) is 5.87. The van der Waals surface area contributed by atoms with Gasteiger partial charge in [-0.3, -0.25) is 0 Å². The molecule has 6 heteroatoms. The highest BCUT2D eigenvalue weighted by Crippen LogP contribution is 2.07. The first-order chi connectivity index (χ1) is 6.24. The number of carbonyl (C=O) groups is 1. The Hall–Kier alpha value is 0.177. The van der Waals surface area contributed by atoms with Crippen molar-refractivity contribution in [3.8, 4) is 0 Å². The normalized spacial score (nSPS) is 16.8. The van der Waals surface area contributed by atoms with Crippen molar-refractivity contribution in [3.63, 3.8) is 0 Å². The van der Waals surface area contributed by atoms with Gasteiger partial charge in [-0.2, -0.15) is 0 Å². The topological polar surface area (TPSA) is 52.6 Å². The van der Waals surface area contributed by atoms with Gasteiger partial charge in [0.05, 0.1) is 0 Å². The molecule has 0 aromatic carbocycles. The van der Waals surface area contributed by atoms with E-state index in [0.717, 1.165) is 32.1 Å². The maximum atomic E-state index is 11.1. The van der Waals surface area contributed by atoms with E-state index in [1.807, 2.05) is 4.90 Å². The van der Waals surface area contributed by atoms with Gasteiger partial charge in [-0.05, 0) is 12.5 Å². The highest BCUT2D eigenvalue weighted by atomic mass is 127. The van der Waals surface area contributed by atoms with Gasteiger partial charge in [-0.25, -0.2) is 4.79 Å². The van der Waals surface area contributed by atoms with Crippen LogP contribution in [0.3, 0.4) is 0 Å². The lowest BCUT2D eigenvalue weighted by Crippen LogP contribution is -2.29. The van der Waals surface area contributed by atoms with Crippen molar-refractivity contribution >= 4 is 34.1 Å². The highest BCUT2D eigenvalue weighted by Gasteiger charge is 2.18. The molecule has 1 radical (unpaired) electrons. The first-order valence-corrected chi connectivity index (χ1v) is 9.40. The Labute approximate surface area is 92.5 Å². The van der Waals surface area contributed by atoms with Crippen LogP contribution < -0.4 is 5.32 Å². The predicted molar refractivity (Wildman–Crippen MR) is 61.3 cm³/mol. The summed E-state index contributed by atoms with van der Waals surface area (Å²) < 4.78 is 0. The molecule has 0 atom stereocenters. The fraction of sp³-hybridized carbons (Fsp3) is 0.857. The van der Waals surface area contributed by atoms with Crippen LogP contribution in [0.2, 0.25) is 6.04 Å². The SMILES string of the molecule is O=C1NCCN1CCC[Si](I)CO. The fourth-order valence-electron chi connectivity index (χ4n) is 1.27. The minimum Gasteiger partial charge on any atom is -0.399 e. The second-order valence-electron chi connectivity index (χ2n) is 3.00. The number of halogens is 1. The molecule has 0 aliphatic carbocycles. The van der Waals surface area contributed by atoms with Gasteiger partial charge in [-0.1, -0.05) is 0 Å². The zero-order chi connectivity index (χ0) is 9.68. The number of aliphatic hydroxyl groups excluding tert-OH is 1. The van der Waals surface area contributed by atoms with E-state index in [2.05, 4.69) is 27.1 Å². The second kappa shape index (κ2) is 5.81. The summed E-state index contributed by atoms with van der Waals surface area (Å²) in [5, 5.41) is 11.6. The quantitative estimate of drug-likeness (QED) is 0.437. The lowest BCUT2D eigenvalue weighted by atomic mass is 10.4. The zero-order valence-electron chi connectivity index (χ0n) is 7.42. The molecular weight excluding hydrogens is 299 g/mol. The molecule has 2 N–H and O–H groups in total. The van der Waals surface area contributed by atoms with Crippen LogP contribution in [0.25, 0.3) is 0 Å². The first kappa shape index (κ1) is 11.3. The Bertz CT molecular complexity index is 182. The zero-order valence-corrected chi connectivity index (χ0v) is 10.6. The van der Waals surface area contributed by atoms with E-state index in [9.17, 15) is 4.79 Å². The summed E-state index contributed by atoms with van der Waals surface area (Å²) in [5.41, 5.74) is 0. The Balaban J connectivity index is 2.08. The van der Waals surface area contributed by atoms with Crippen molar-refractivity contribution in [2.24, 2.45) is 0 Å². The number of carbonyl (C=O) groups excluding carboxylic acids is 1. The van der Waals surface area contributed by atoms with Crippen molar-refractivity contribution in [3.05, 3.63) is 0 Å². The number of amides is 2. The van der Waals surface area contributed by atoms with Crippen LogP contribution >= 0.6 is 21.8 Å². The largest absolute Gasteiger partial charge is 0.399 e. The number of rotatable bonds is 5. The minimum atomic E-state index is -0.570. The summed E-state index contributed by atoms with van der Waals surface area (Å²) in [6.45, 7) is 2.45. The molecular formula is C7H14IN2O2Si. The Kier molecular flexibility index (Phi) is 5.03.